The molecule has 4 nitrogen and oxygen atoms in total. The molecule has 1 aromatic heterocycles. The summed E-state index contributed by atoms with van der Waals surface area (Å²) in [5.41, 5.74) is 6.83. The first-order valence-corrected chi connectivity index (χ1v) is 8.07. The van der Waals surface area contributed by atoms with E-state index in [1.54, 1.807) is 18.2 Å². The van der Waals surface area contributed by atoms with Gasteiger partial charge in [-0.25, -0.2) is 0 Å². The van der Waals surface area contributed by atoms with Gasteiger partial charge in [0.05, 0.1) is 21.5 Å². The molecule has 2 heterocycles. The second-order valence-corrected chi connectivity index (χ2v) is 7.61. The number of carbonyl (C=O) groups excluding carboxylic acids is 2. The third-order valence-corrected chi connectivity index (χ3v) is 6.28. The molecular weight excluding hydrogens is 408 g/mol. The summed E-state index contributed by atoms with van der Waals surface area (Å²) in [6.45, 7) is 0.251. The second-order valence-electron chi connectivity index (χ2n) is 4.30. The lowest BCUT2D eigenvalue weighted by Crippen LogP contribution is -2.28. The molecule has 1 aliphatic rings. The van der Waals surface area contributed by atoms with Crippen LogP contribution in [0.3, 0.4) is 0 Å². The lowest BCUT2D eigenvalue weighted by molar-refractivity contribution is 0.0644. The molecule has 0 radical (unpaired) electrons. The van der Waals surface area contributed by atoms with E-state index in [1.807, 2.05) is 6.07 Å². The van der Waals surface area contributed by atoms with Crippen LogP contribution in [0.1, 0.15) is 25.6 Å². The van der Waals surface area contributed by atoms with Gasteiger partial charge >= 0.3 is 0 Å². The molecule has 0 saturated heterocycles. The molecule has 0 atom stereocenters. The van der Waals surface area contributed by atoms with E-state index in [1.165, 1.54) is 16.2 Å². The van der Waals surface area contributed by atoms with Gasteiger partial charge in [0.15, 0.2) is 0 Å². The van der Waals surface area contributed by atoms with Crippen molar-refractivity contribution in [3.8, 4) is 0 Å². The standard InChI is InChI=1S/C13H8Br2N2O2S/c14-8-4-6(20-11(8)15)5-17-12(18)7-2-1-3-9(16)10(7)13(17)19/h1-4H,5,16H2. The number of hydrogen-bond donors (Lipinski definition) is 1. The van der Waals surface area contributed by atoms with Crippen molar-refractivity contribution in [1.82, 2.24) is 4.90 Å². The van der Waals surface area contributed by atoms with Crippen molar-refractivity contribution in [2.24, 2.45) is 0 Å². The van der Waals surface area contributed by atoms with Crippen LogP contribution in [-0.2, 0) is 6.54 Å². The summed E-state index contributed by atoms with van der Waals surface area (Å²) >= 11 is 8.27. The van der Waals surface area contributed by atoms with Crippen molar-refractivity contribution in [3.63, 3.8) is 0 Å². The second kappa shape index (κ2) is 4.98. The predicted octanol–water partition coefficient (Wildman–Crippen LogP) is 3.65. The molecular formula is C13H8Br2N2O2S. The Labute approximate surface area is 135 Å². The number of nitrogens with zero attached hydrogens (tertiary/aromatic N) is 1. The molecule has 0 unspecified atom stereocenters. The highest BCUT2D eigenvalue weighted by molar-refractivity contribution is 9.13. The van der Waals surface area contributed by atoms with Crippen LogP contribution in [0.2, 0.25) is 0 Å². The minimum Gasteiger partial charge on any atom is -0.398 e. The molecule has 2 aromatic rings. The van der Waals surface area contributed by atoms with Crippen molar-refractivity contribution in [2.75, 3.05) is 5.73 Å². The SMILES string of the molecule is Nc1cccc2c1C(=O)N(Cc1cc(Br)c(Br)s1)C2=O. The fraction of sp³-hybridized carbons (Fsp3) is 0.0769. The number of anilines is 1. The van der Waals surface area contributed by atoms with Gasteiger partial charge in [0.25, 0.3) is 11.8 Å². The van der Waals surface area contributed by atoms with Crippen LogP contribution in [-0.4, -0.2) is 16.7 Å². The van der Waals surface area contributed by atoms with Crippen LogP contribution < -0.4 is 5.73 Å². The lowest BCUT2D eigenvalue weighted by atomic mass is 10.1. The maximum atomic E-state index is 12.3. The number of rotatable bonds is 2. The summed E-state index contributed by atoms with van der Waals surface area (Å²) in [5.74, 6) is -0.623. The third kappa shape index (κ3) is 2.10. The zero-order valence-electron chi connectivity index (χ0n) is 10.0. The molecule has 0 aliphatic carbocycles. The highest BCUT2D eigenvalue weighted by Crippen LogP contribution is 2.35. The Morgan fingerprint density at radius 2 is 1.95 bits per heavy atom. The van der Waals surface area contributed by atoms with E-state index in [0.29, 0.717) is 16.8 Å². The number of fused-ring (bicyclic) bond motifs is 1. The molecule has 0 fully saturated rings. The average Bonchev–Trinajstić information content (AvgIpc) is 2.84. The molecule has 1 aliphatic heterocycles. The van der Waals surface area contributed by atoms with Crippen molar-refractivity contribution >= 4 is 60.7 Å². The van der Waals surface area contributed by atoms with Gasteiger partial charge in [0, 0.05) is 15.0 Å². The van der Waals surface area contributed by atoms with Gasteiger partial charge in [0.1, 0.15) is 0 Å². The van der Waals surface area contributed by atoms with Gasteiger partial charge in [-0.1, -0.05) is 6.07 Å². The topological polar surface area (TPSA) is 63.4 Å². The van der Waals surface area contributed by atoms with Crippen molar-refractivity contribution < 1.29 is 9.59 Å². The molecule has 1 aromatic carbocycles. The predicted molar refractivity (Wildman–Crippen MR) is 84.8 cm³/mol. The number of amides is 2. The van der Waals surface area contributed by atoms with Crippen LogP contribution in [0.15, 0.2) is 32.5 Å². The maximum absolute atomic E-state index is 12.3. The Morgan fingerprint density at radius 3 is 2.55 bits per heavy atom. The van der Waals surface area contributed by atoms with E-state index in [0.717, 1.165) is 13.1 Å². The zero-order chi connectivity index (χ0) is 14.4. The zero-order valence-corrected chi connectivity index (χ0v) is 14.0. The fourth-order valence-electron chi connectivity index (χ4n) is 2.13. The molecule has 0 bridgehead atoms. The number of nitrogen functional groups attached to an aromatic ring is 1. The van der Waals surface area contributed by atoms with E-state index in [4.69, 9.17) is 5.73 Å². The summed E-state index contributed by atoms with van der Waals surface area (Å²) in [6.07, 6.45) is 0. The van der Waals surface area contributed by atoms with Crippen LogP contribution in [0.4, 0.5) is 5.69 Å². The lowest BCUT2D eigenvalue weighted by Gasteiger charge is -2.12. The van der Waals surface area contributed by atoms with Crippen molar-refractivity contribution in [1.29, 1.82) is 0 Å². The van der Waals surface area contributed by atoms with E-state index < -0.39 is 0 Å². The summed E-state index contributed by atoms with van der Waals surface area (Å²) in [5, 5.41) is 0. The number of carbonyl (C=O) groups is 2. The monoisotopic (exact) mass is 414 g/mol. The molecule has 20 heavy (non-hydrogen) atoms. The number of nitrogens with two attached hydrogens (primary N) is 1. The van der Waals surface area contributed by atoms with Gasteiger partial charge in [-0.15, -0.1) is 11.3 Å². The van der Waals surface area contributed by atoms with Crippen LogP contribution >= 0.6 is 43.2 Å². The van der Waals surface area contributed by atoms with E-state index in [-0.39, 0.29) is 18.4 Å². The van der Waals surface area contributed by atoms with E-state index in [2.05, 4.69) is 31.9 Å². The first-order valence-electron chi connectivity index (χ1n) is 5.67. The van der Waals surface area contributed by atoms with E-state index >= 15 is 0 Å². The van der Waals surface area contributed by atoms with Gasteiger partial charge in [-0.05, 0) is 50.1 Å². The van der Waals surface area contributed by atoms with Crippen LogP contribution in [0.25, 0.3) is 0 Å². The summed E-state index contributed by atoms with van der Waals surface area (Å²) in [6, 6.07) is 6.83. The Balaban J connectivity index is 1.96. The van der Waals surface area contributed by atoms with Crippen LogP contribution in [0.5, 0.6) is 0 Å². The van der Waals surface area contributed by atoms with Crippen molar-refractivity contribution in [2.45, 2.75) is 6.54 Å². The van der Waals surface area contributed by atoms with Gasteiger partial charge < -0.3 is 5.73 Å². The number of halogens is 2. The number of hydrogen-bond acceptors (Lipinski definition) is 4. The Bertz CT molecular complexity index is 722. The molecule has 102 valence electrons. The minimum atomic E-state index is -0.330. The van der Waals surface area contributed by atoms with Gasteiger partial charge in [-0.3, -0.25) is 14.5 Å². The highest BCUT2D eigenvalue weighted by Gasteiger charge is 2.37. The molecule has 0 spiro atoms. The molecule has 2 amide bonds. The first-order chi connectivity index (χ1) is 9.49. The van der Waals surface area contributed by atoms with Crippen molar-refractivity contribution in [3.05, 3.63) is 48.5 Å². The quantitative estimate of drug-likeness (QED) is 0.601. The molecule has 3 rings (SSSR count). The van der Waals surface area contributed by atoms with Gasteiger partial charge in [-0.2, -0.15) is 0 Å². The van der Waals surface area contributed by atoms with E-state index in [9.17, 15) is 9.59 Å². The highest BCUT2D eigenvalue weighted by atomic mass is 79.9. The maximum Gasteiger partial charge on any atom is 0.263 e. The fourth-order valence-corrected chi connectivity index (χ4v) is 4.29. The van der Waals surface area contributed by atoms with Gasteiger partial charge in [0.2, 0.25) is 0 Å². The smallest absolute Gasteiger partial charge is 0.263 e. The molecule has 0 saturated carbocycles. The average molecular weight is 416 g/mol. The molecule has 2 N–H and O–H groups in total. The summed E-state index contributed by atoms with van der Waals surface area (Å²) < 4.78 is 1.84. The van der Waals surface area contributed by atoms with Crippen LogP contribution in [0, 0.1) is 0 Å². The molecule has 7 heteroatoms. The minimum absolute atomic E-state index is 0.251. The Hall–Kier alpha value is -1.18. The number of thiophene rings is 1. The Morgan fingerprint density at radius 1 is 1.20 bits per heavy atom. The normalized spacial score (nSPS) is 14.0. The third-order valence-electron chi connectivity index (χ3n) is 3.04. The first kappa shape index (κ1) is 13.8. The summed E-state index contributed by atoms with van der Waals surface area (Å²) in [7, 11) is 0. The Kier molecular flexibility index (Phi) is 3.43. The number of benzene rings is 1. The number of imide groups is 1. The summed E-state index contributed by atoms with van der Waals surface area (Å²) in [4.78, 5) is 26.8. The largest absolute Gasteiger partial charge is 0.398 e.